The van der Waals surface area contributed by atoms with Crippen molar-refractivity contribution in [3.63, 3.8) is 0 Å². The molecule has 0 unspecified atom stereocenters. The Morgan fingerprint density at radius 3 is 2.33 bits per heavy atom. The van der Waals surface area contributed by atoms with Crippen LogP contribution in [0.4, 0.5) is 0 Å². The van der Waals surface area contributed by atoms with Gasteiger partial charge in [0.15, 0.2) is 11.6 Å². The lowest BCUT2D eigenvalue weighted by Gasteiger charge is -2.16. The molecule has 1 aromatic heterocycles. The molecule has 0 radical (unpaired) electrons. The van der Waals surface area contributed by atoms with Crippen LogP contribution in [0, 0.1) is 0 Å². The molecule has 1 aromatic carbocycles. The highest BCUT2D eigenvalue weighted by Gasteiger charge is 2.24. The Morgan fingerprint density at radius 2 is 1.83 bits per heavy atom. The summed E-state index contributed by atoms with van der Waals surface area (Å²) >= 11 is 12.0. The maximum absolute atomic E-state index is 6.14. The number of aromatic nitrogens is 3. The number of hydrogen-bond acceptors (Lipinski definition) is 3. The van der Waals surface area contributed by atoms with Gasteiger partial charge >= 0.3 is 0 Å². The highest BCUT2D eigenvalue weighted by Crippen LogP contribution is 2.30. The molecule has 0 amide bonds. The van der Waals surface area contributed by atoms with Gasteiger partial charge in [0.2, 0.25) is 0 Å². The Kier molecular flexibility index (Phi) is 3.25. The SMILES string of the molecule is CC(C)(C)c1nnc(-c2ccc(Cl)cc2Cl)n1N. The van der Waals surface area contributed by atoms with Gasteiger partial charge in [-0.25, -0.2) is 4.68 Å². The first-order valence-corrected chi connectivity index (χ1v) is 6.22. The van der Waals surface area contributed by atoms with Crippen molar-refractivity contribution in [2.45, 2.75) is 26.2 Å². The van der Waals surface area contributed by atoms with Gasteiger partial charge in [-0.2, -0.15) is 0 Å². The lowest BCUT2D eigenvalue weighted by atomic mass is 9.96. The van der Waals surface area contributed by atoms with Crippen molar-refractivity contribution in [2.75, 3.05) is 5.84 Å². The first-order chi connectivity index (χ1) is 8.30. The Balaban J connectivity index is 2.56. The number of rotatable bonds is 1. The number of nitrogen functional groups attached to an aromatic ring is 1. The lowest BCUT2D eigenvalue weighted by Crippen LogP contribution is -2.24. The molecule has 0 fully saturated rings. The molecular formula is C12H14Cl2N4. The van der Waals surface area contributed by atoms with E-state index in [0.29, 0.717) is 27.3 Å². The molecule has 0 spiro atoms. The van der Waals surface area contributed by atoms with Crippen molar-refractivity contribution in [1.29, 1.82) is 0 Å². The van der Waals surface area contributed by atoms with Crippen molar-refractivity contribution < 1.29 is 0 Å². The van der Waals surface area contributed by atoms with E-state index in [9.17, 15) is 0 Å². The average Bonchev–Trinajstić information content (AvgIpc) is 2.60. The quantitative estimate of drug-likeness (QED) is 0.818. The van der Waals surface area contributed by atoms with Crippen molar-refractivity contribution in [2.24, 2.45) is 0 Å². The molecule has 0 aliphatic carbocycles. The van der Waals surface area contributed by atoms with E-state index in [4.69, 9.17) is 29.0 Å². The Labute approximate surface area is 116 Å². The van der Waals surface area contributed by atoms with Crippen LogP contribution in [0.15, 0.2) is 18.2 Å². The average molecular weight is 285 g/mol. The van der Waals surface area contributed by atoms with Gasteiger partial charge in [-0.3, -0.25) is 0 Å². The highest BCUT2D eigenvalue weighted by atomic mass is 35.5. The van der Waals surface area contributed by atoms with E-state index in [0.717, 1.165) is 0 Å². The lowest BCUT2D eigenvalue weighted by molar-refractivity contribution is 0.528. The van der Waals surface area contributed by atoms with E-state index in [1.807, 2.05) is 20.8 Å². The topological polar surface area (TPSA) is 56.7 Å². The monoisotopic (exact) mass is 284 g/mol. The molecule has 4 nitrogen and oxygen atoms in total. The van der Waals surface area contributed by atoms with Crippen molar-refractivity contribution in [3.8, 4) is 11.4 Å². The second-order valence-corrected chi connectivity index (χ2v) is 5.94. The number of halogens is 2. The molecule has 0 aliphatic rings. The van der Waals surface area contributed by atoms with Gasteiger partial charge < -0.3 is 5.84 Å². The number of hydrogen-bond donors (Lipinski definition) is 1. The summed E-state index contributed by atoms with van der Waals surface area (Å²) in [7, 11) is 0. The molecule has 0 saturated carbocycles. The minimum absolute atomic E-state index is 0.182. The normalized spacial score (nSPS) is 11.8. The molecule has 0 bridgehead atoms. The van der Waals surface area contributed by atoms with Crippen LogP contribution >= 0.6 is 23.2 Å². The Morgan fingerprint density at radius 1 is 1.17 bits per heavy atom. The summed E-state index contributed by atoms with van der Waals surface area (Å²) in [6.45, 7) is 6.06. The molecule has 96 valence electrons. The van der Waals surface area contributed by atoms with E-state index in [-0.39, 0.29) is 5.41 Å². The molecule has 0 atom stereocenters. The maximum Gasteiger partial charge on any atom is 0.184 e. The summed E-state index contributed by atoms with van der Waals surface area (Å²) in [5, 5.41) is 9.30. The minimum atomic E-state index is -0.182. The van der Waals surface area contributed by atoms with E-state index in [1.165, 1.54) is 4.68 Å². The van der Waals surface area contributed by atoms with Crippen LogP contribution in [-0.4, -0.2) is 14.9 Å². The number of benzene rings is 1. The standard InChI is InChI=1S/C12H14Cl2N4/c1-12(2,3)11-17-16-10(18(11)15)8-5-4-7(13)6-9(8)14/h4-6H,15H2,1-3H3. The van der Waals surface area contributed by atoms with E-state index in [1.54, 1.807) is 18.2 Å². The van der Waals surface area contributed by atoms with Crippen LogP contribution in [0.25, 0.3) is 11.4 Å². The van der Waals surface area contributed by atoms with Crippen molar-refractivity contribution in [1.82, 2.24) is 14.9 Å². The molecule has 0 saturated heterocycles. The second kappa shape index (κ2) is 4.44. The Bertz CT molecular complexity index is 584. The van der Waals surface area contributed by atoms with Gasteiger partial charge in [-0.15, -0.1) is 10.2 Å². The third-order valence-corrected chi connectivity index (χ3v) is 3.09. The molecule has 2 N–H and O–H groups in total. The molecular weight excluding hydrogens is 271 g/mol. The Hall–Kier alpha value is -1.26. The van der Waals surface area contributed by atoms with Crippen LogP contribution < -0.4 is 5.84 Å². The van der Waals surface area contributed by atoms with Crippen LogP contribution in [0.3, 0.4) is 0 Å². The summed E-state index contributed by atoms with van der Waals surface area (Å²) in [5.41, 5.74) is 0.533. The van der Waals surface area contributed by atoms with Crippen LogP contribution in [0.5, 0.6) is 0 Å². The summed E-state index contributed by atoms with van der Waals surface area (Å²) < 4.78 is 1.47. The number of nitrogens with zero attached hydrogens (tertiary/aromatic N) is 3. The minimum Gasteiger partial charge on any atom is -0.336 e. The number of nitrogens with two attached hydrogens (primary N) is 1. The van der Waals surface area contributed by atoms with Crippen molar-refractivity contribution in [3.05, 3.63) is 34.1 Å². The fourth-order valence-corrected chi connectivity index (χ4v) is 2.15. The first kappa shape index (κ1) is 13.2. The molecule has 18 heavy (non-hydrogen) atoms. The smallest absolute Gasteiger partial charge is 0.184 e. The van der Waals surface area contributed by atoms with Crippen LogP contribution in [0.1, 0.15) is 26.6 Å². The third kappa shape index (κ3) is 2.31. The predicted molar refractivity (Wildman–Crippen MR) is 74.3 cm³/mol. The second-order valence-electron chi connectivity index (χ2n) is 5.09. The maximum atomic E-state index is 6.14. The van der Waals surface area contributed by atoms with Gasteiger partial charge in [0.05, 0.1) is 5.02 Å². The molecule has 6 heteroatoms. The molecule has 1 heterocycles. The molecule has 2 aromatic rings. The largest absolute Gasteiger partial charge is 0.336 e. The van der Waals surface area contributed by atoms with E-state index >= 15 is 0 Å². The van der Waals surface area contributed by atoms with Gasteiger partial charge in [0, 0.05) is 16.0 Å². The first-order valence-electron chi connectivity index (χ1n) is 5.47. The zero-order chi connectivity index (χ0) is 13.5. The third-order valence-electron chi connectivity index (χ3n) is 2.54. The van der Waals surface area contributed by atoms with Gasteiger partial charge in [-0.1, -0.05) is 44.0 Å². The summed E-state index contributed by atoms with van der Waals surface area (Å²) in [5.74, 6) is 7.26. The molecule has 0 aliphatic heterocycles. The van der Waals surface area contributed by atoms with Crippen molar-refractivity contribution >= 4 is 23.2 Å². The van der Waals surface area contributed by atoms with Gasteiger partial charge in [-0.05, 0) is 18.2 Å². The zero-order valence-corrected chi connectivity index (χ0v) is 11.9. The zero-order valence-electron chi connectivity index (χ0n) is 10.4. The summed E-state index contributed by atoms with van der Waals surface area (Å²) in [6.07, 6.45) is 0. The van der Waals surface area contributed by atoms with Gasteiger partial charge in [0.25, 0.3) is 0 Å². The van der Waals surface area contributed by atoms with Gasteiger partial charge in [0.1, 0.15) is 0 Å². The summed E-state index contributed by atoms with van der Waals surface area (Å²) in [6, 6.07) is 5.18. The predicted octanol–water partition coefficient (Wildman–Crippen LogP) is 3.26. The van der Waals surface area contributed by atoms with E-state index < -0.39 is 0 Å². The van der Waals surface area contributed by atoms with Crippen LogP contribution in [-0.2, 0) is 5.41 Å². The van der Waals surface area contributed by atoms with Crippen LogP contribution in [0.2, 0.25) is 10.0 Å². The highest BCUT2D eigenvalue weighted by molar-refractivity contribution is 6.36. The summed E-state index contributed by atoms with van der Waals surface area (Å²) in [4.78, 5) is 0. The fourth-order valence-electron chi connectivity index (χ4n) is 1.66. The van der Waals surface area contributed by atoms with E-state index in [2.05, 4.69) is 10.2 Å². The molecule has 2 rings (SSSR count). The fraction of sp³-hybridized carbons (Fsp3) is 0.333.